The van der Waals surface area contributed by atoms with E-state index in [-0.39, 0.29) is 0 Å². The van der Waals surface area contributed by atoms with Crippen molar-refractivity contribution in [2.75, 3.05) is 13.1 Å². The Balaban J connectivity index is 2.13. The number of guanidine groups is 1. The zero-order valence-corrected chi connectivity index (χ0v) is 13.6. The molecule has 1 aromatic heterocycles. The molecule has 0 saturated carbocycles. The van der Waals surface area contributed by atoms with Crippen LogP contribution in [-0.2, 0) is 6.54 Å². The normalized spacial score (nSPS) is 11.7. The second kappa shape index (κ2) is 8.22. The smallest absolute Gasteiger partial charge is 0.191 e. The minimum Gasteiger partial charge on any atom is -0.357 e. The first-order valence-electron chi connectivity index (χ1n) is 7.79. The van der Waals surface area contributed by atoms with Crippen molar-refractivity contribution in [2.45, 2.75) is 27.3 Å². The molecule has 0 radical (unpaired) electrons. The zero-order chi connectivity index (χ0) is 15.8. The first-order chi connectivity index (χ1) is 10.7. The fourth-order valence-corrected chi connectivity index (χ4v) is 2.10. The van der Waals surface area contributed by atoms with Crippen molar-refractivity contribution in [1.82, 2.24) is 20.2 Å². The van der Waals surface area contributed by atoms with Gasteiger partial charge in [-0.1, -0.05) is 32.0 Å². The standard InChI is InChI=1S/C17H25N5/c1-4-19-17(20-11-14(2)3)21-12-15-7-5-6-8-16(15)22-10-9-18-13-22/h5-10,13-14H,4,11-12H2,1-3H3,(H2,19,20,21). The summed E-state index contributed by atoms with van der Waals surface area (Å²) in [5.41, 5.74) is 2.28. The molecule has 2 rings (SSSR count). The van der Waals surface area contributed by atoms with E-state index in [0.29, 0.717) is 12.5 Å². The van der Waals surface area contributed by atoms with Crippen molar-refractivity contribution in [3.8, 4) is 5.69 Å². The number of benzene rings is 1. The van der Waals surface area contributed by atoms with Gasteiger partial charge in [0.15, 0.2) is 5.96 Å². The molecule has 0 saturated heterocycles. The van der Waals surface area contributed by atoms with Gasteiger partial charge in [-0.15, -0.1) is 0 Å². The van der Waals surface area contributed by atoms with Crippen LogP contribution in [0.1, 0.15) is 26.3 Å². The van der Waals surface area contributed by atoms with Crippen molar-refractivity contribution in [3.05, 3.63) is 48.5 Å². The molecular formula is C17H25N5. The molecule has 118 valence electrons. The van der Waals surface area contributed by atoms with Crippen LogP contribution in [0.5, 0.6) is 0 Å². The Morgan fingerprint density at radius 3 is 2.77 bits per heavy atom. The van der Waals surface area contributed by atoms with E-state index in [2.05, 4.69) is 53.5 Å². The number of para-hydroxylation sites is 1. The van der Waals surface area contributed by atoms with Gasteiger partial charge in [0.1, 0.15) is 0 Å². The summed E-state index contributed by atoms with van der Waals surface area (Å²) in [7, 11) is 0. The van der Waals surface area contributed by atoms with Gasteiger partial charge in [0.05, 0.1) is 18.6 Å². The van der Waals surface area contributed by atoms with Crippen LogP contribution in [0.2, 0.25) is 0 Å². The van der Waals surface area contributed by atoms with E-state index >= 15 is 0 Å². The third-order valence-electron chi connectivity index (χ3n) is 3.20. The lowest BCUT2D eigenvalue weighted by Crippen LogP contribution is -2.39. The van der Waals surface area contributed by atoms with Crippen LogP contribution in [0.15, 0.2) is 48.0 Å². The number of hydrogen-bond donors (Lipinski definition) is 2. The number of aliphatic imine (C=N–C) groups is 1. The molecule has 0 aliphatic carbocycles. The van der Waals surface area contributed by atoms with E-state index in [9.17, 15) is 0 Å². The van der Waals surface area contributed by atoms with Gasteiger partial charge >= 0.3 is 0 Å². The fraction of sp³-hybridized carbons (Fsp3) is 0.412. The highest BCUT2D eigenvalue weighted by molar-refractivity contribution is 5.79. The minimum absolute atomic E-state index is 0.585. The monoisotopic (exact) mass is 299 g/mol. The van der Waals surface area contributed by atoms with Crippen LogP contribution in [0.3, 0.4) is 0 Å². The predicted molar refractivity (Wildman–Crippen MR) is 91.2 cm³/mol. The molecule has 0 aliphatic heterocycles. The van der Waals surface area contributed by atoms with Gasteiger partial charge in [0.25, 0.3) is 0 Å². The molecule has 2 aromatic rings. The first kappa shape index (κ1) is 16.1. The molecule has 0 unspecified atom stereocenters. The molecule has 22 heavy (non-hydrogen) atoms. The Kier molecular flexibility index (Phi) is 6.01. The molecule has 1 aromatic carbocycles. The van der Waals surface area contributed by atoms with Gasteiger partial charge in [-0.25, -0.2) is 9.98 Å². The molecule has 0 amide bonds. The summed E-state index contributed by atoms with van der Waals surface area (Å²) in [5.74, 6) is 1.44. The molecule has 0 bridgehead atoms. The molecule has 0 atom stereocenters. The van der Waals surface area contributed by atoms with Crippen molar-refractivity contribution < 1.29 is 0 Å². The Morgan fingerprint density at radius 1 is 1.27 bits per heavy atom. The lowest BCUT2D eigenvalue weighted by Gasteiger charge is -2.14. The number of rotatable bonds is 6. The maximum Gasteiger partial charge on any atom is 0.191 e. The second-order valence-electron chi connectivity index (χ2n) is 5.57. The maximum atomic E-state index is 4.69. The van der Waals surface area contributed by atoms with Gasteiger partial charge in [-0.2, -0.15) is 0 Å². The lowest BCUT2D eigenvalue weighted by atomic mass is 10.2. The largest absolute Gasteiger partial charge is 0.357 e. The van der Waals surface area contributed by atoms with E-state index in [1.807, 2.05) is 29.2 Å². The maximum absolute atomic E-state index is 4.69. The van der Waals surface area contributed by atoms with Gasteiger partial charge in [0, 0.05) is 25.5 Å². The molecule has 5 nitrogen and oxygen atoms in total. The first-order valence-corrected chi connectivity index (χ1v) is 7.79. The van der Waals surface area contributed by atoms with Crippen LogP contribution in [0.4, 0.5) is 0 Å². The summed E-state index contributed by atoms with van der Waals surface area (Å²) in [6, 6.07) is 8.26. The van der Waals surface area contributed by atoms with Crippen molar-refractivity contribution in [1.29, 1.82) is 0 Å². The third kappa shape index (κ3) is 4.62. The highest BCUT2D eigenvalue weighted by Crippen LogP contribution is 2.14. The van der Waals surface area contributed by atoms with Gasteiger partial charge < -0.3 is 15.2 Å². The summed E-state index contributed by atoms with van der Waals surface area (Å²) in [4.78, 5) is 8.80. The van der Waals surface area contributed by atoms with Crippen molar-refractivity contribution >= 4 is 5.96 Å². The molecule has 2 N–H and O–H groups in total. The molecular weight excluding hydrogens is 274 g/mol. The van der Waals surface area contributed by atoms with Crippen LogP contribution in [0.25, 0.3) is 5.69 Å². The van der Waals surface area contributed by atoms with E-state index in [1.165, 1.54) is 5.56 Å². The summed E-state index contributed by atoms with van der Waals surface area (Å²) < 4.78 is 2.01. The van der Waals surface area contributed by atoms with Crippen molar-refractivity contribution in [2.24, 2.45) is 10.9 Å². The molecule has 0 aliphatic rings. The van der Waals surface area contributed by atoms with Crippen molar-refractivity contribution in [3.63, 3.8) is 0 Å². The Morgan fingerprint density at radius 2 is 2.09 bits per heavy atom. The average Bonchev–Trinajstić information content (AvgIpc) is 3.04. The molecule has 1 heterocycles. The SMILES string of the molecule is CCNC(=NCc1ccccc1-n1ccnc1)NCC(C)C. The number of aromatic nitrogens is 2. The predicted octanol–water partition coefficient (Wildman–Crippen LogP) is 2.58. The van der Waals surface area contributed by atoms with Crippen LogP contribution < -0.4 is 10.6 Å². The van der Waals surface area contributed by atoms with Crippen LogP contribution in [0, 0.1) is 5.92 Å². The number of nitrogens with one attached hydrogen (secondary N) is 2. The minimum atomic E-state index is 0.585. The number of hydrogen-bond acceptors (Lipinski definition) is 2. The van der Waals surface area contributed by atoms with Gasteiger partial charge in [-0.05, 0) is 24.5 Å². The highest BCUT2D eigenvalue weighted by atomic mass is 15.2. The highest BCUT2D eigenvalue weighted by Gasteiger charge is 2.04. The average molecular weight is 299 g/mol. The zero-order valence-electron chi connectivity index (χ0n) is 13.6. The molecule has 0 fully saturated rings. The van der Waals surface area contributed by atoms with E-state index in [4.69, 9.17) is 0 Å². The van der Waals surface area contributed by atoms with Crippen LogP contribution >= 0.6 is 0 Å². The van der Waals surface area contributed by atoms with E-state index < -0.39 is 0 Å². The van der Waals surface area contributed by atoms with Gasteiger partial charge in [0.2, 0.25) is 0 Å². The number of nitrogens with zero attached hydrogens (tertiary/aromatic N) is 3. The Bertz CT molecular complexity index is 587. The number of imidazole rings is 1. The third-order valence-corrected chi connectivity index (χ3v) is 3.20. The van der Waals surface area contributed by atoms with Gasteiger partial charge in [-0.3, -0.25) is 0 Å². The van der Waals surface area contributed by atoms with E-state index in [0.717, 1.165) is 24.7 Å². The summed E-state index contributed by atoms with van der Waals surface area (Å²) in [6.07, 6.45) is 5.55. The Hall–Kier alpha value is -2.30. The molecule has 5 heteroatoms. The van der Waals surface area contributed by atoms with Crippen LogP contribution in [-0.4, -0.2) is 28.6 Å². The summed E-state index contributed by atoms with van der Waals surface area (Å²) in [5, 5.41) is 6.65. The molecule has 0 spiro atoms. The quantitative estimate of drug-likeness (QED) is 0.637. The fourth-order valence-electron chi connectivity index (χ4n) is 2.10. The summed E-state index contributed by atoms with van der Waals surface area (Å²) >= 11 is 0. The summed E-state index contributed by atoms with van der Waals surface area (Å²) in [6.45, 7) is 8.84. The topological polar surface area (TPSA) is 54.2 Å². The van der Waals surface area contributed by atoms with E-state index in [1.54, 1.807) is 6.20 Å². The lowest BCUT2D eigenvalue weighted by molar-refractivity contribution is 0.615. The Labute approximate surface area is 132 Å². The second-order valence-corrected chi connectivity index (χ2v) is 5.57.